The molecule has 3 fully saturated rings. The number of aromatic nitrogens is 4. The molecule has 3 aliphatic rings. The molecule has 3 saturated carbocycles. The van der Waals surface area contributed by atoms with Gasteiger partial charge in [0.1, 0.15) is 23.7 Å². The summed E-state index contributed by atoms with van der Waals surface area (Å²) in [5.41, 5.74) is -4.67. The molecule has 2 bridgehead atoms. The first-order chi connectivity index (χ1) is 15.1. The van der Waals surface area contributed by atoms with Crippen molar-refractivity contribution < 1.29 is 27.4 Å². The van der Waals surface area contributed by atoms with Crippen LogP contribution in [0, 0.1) is 17.0 Å². The standard InChI is InChI=1S/C22H20F4N4O2/c1-32-16-5-2-14(3-6-16)19-9-20(10-19,11-19)22(25,26)21(31,12-30-13-27-28-29-30)17-7-4-15(23)8-18(17)24/h2-8,13,31H,9-12H2,1H3. The topological polar surface area (TPSA) is 73.1 Å². The molecule has 32 heavy (non-hydrogen) atoms. The number of alkyl halides is 2. The number of benzene rings is 2. The SMILES string of the molecule is COc1ccc(C23CC(C(F)(F)C(O)(Cn4cnnn4)c4ccc(F)cc4F)(C2)C3)cc1. The van der Waals surface area contributed by atoms with Crippen LogP contribution in [0.3, 0.4) is 0 Å². The first-order valence-electron chi connectivity index (χ1n) is 10.1. The fourth-order valence-electron chi connectivity index (χ4n) is 5.48. The van der Waals surface area contributed by atoms with Crippen molar-refractivity contribution in [2.75, 3.05) is 7.11 Å². The number of hydrogen-bond acceptors (Lipinski definition) is 5. The van der Waals surface area contributed by atoms with Crippen LogP contribution in [-0.2, 0) is 17.6 Å². The minimum atomic E-state index is -3.74. The average molecular weight is 448 g/mol. The van der Waals surface area contributed by atoms with Crippen LogP contribution in [0.4, 0.5) is 17.6 Å². The minimum absolute atomic E-state index is 0.139. The van der Waals surface area contributed by atoms with Crippen molar-refractivity contribution >= 4 is 0 Å². The Balaban J connectivity index is 1.49. The van der Waals surface area contributed by atoms with Crippen LogP contribution in [0.15, 0.2) is 48.8 Å². The van der Waals surface area contributed by atoms with Gasteiger partial charge in [-0.25, -0.2) is 22.2 Å². The lowest BCUT2D eigenvalue weighted by atomic mass is 9.30. The van der Waals surface area contributed by atoms with Crippen molar-refractivity contribution in [3.8, 4) is 5.75 Å². The molecule has 10 heteroatoms. The Morgan fingerprint density at radius 1 is 1.09 bits per heavy atom. The second-order valence-electron chi connectivity index (χ2n) is 8.89. The summed E-state index contributed by atoms with van der Waals surface area (Å²) >= 11 is 0. The van der Waals surface area contributed by atoms with Crippen LogP contribution in [-0.4, -0.2) is 38.3 Å². The smallest absolute Gasteiger partial charge is 0.287 e. The molecule has 1 atom stereocenters. The zero-order valence-corrected chi connectivity index (χ0v) is 17.1. The van der Waals surface area contributed by atoms with Gasteiger partial charge < -0.3 is 9.84 Å². The molecular formula is C22H20F4N4O2. The molecule has 0 amide bonds. The third-order valence-corrected chi connectivity index (χ3v) is 7.08. The second kappa shape index (κ2) is 6.74. The van der Waals surface area contributed by atoms with Crippen molar-refractivity contribution in [3.05, 3.63) is 71.6 Å². The van der Waals surface area contributed by atoms with Crippen LogP contribution < -0.4 is 4.74 Å². The number of nitrogens with zero attached hydrogens (tertiary/aromatic N) is 4. The molecule has 0 spiro atoms. The lowest BCUT2D eigenvalue weighted by Crippen LogP contribution is -2.76. The molecule has 1 unspecified atom stereocenters. The highest BCUT2D eigenvalue weighted by molar-refractivity contribution is 5.44. The van der Waals surface area contributed by atoms with Gasteiger partial charge >= 0.3 is 0 Å². The third kappa shape index (κ3) is 2.71. The Labute approximate surface area is 180 Å². The van der Waals surface area contributed by atoms with Gasteiger partial charge in [0, 0.05) is 17.0 Å². The average Bonchev–Trinajstić information content (AvgIpc) is 3.18. The summed E-state index contributed by atoms with van der Waals surface area (Å²) in [7, 11) is 1.55. The predicted octanol–water partition coefficient (Wildman–Crippen LogP) is 3.60. The van der Waals surface area contributed by atoms with Gasteiger partial charge in [0.15, 0.2) is 5.60 Å². The Morgan fingerprint density at radius 3 is 2.34 bits per heavy atom. The van der Waals surface area contributed by atoms with Gasteiger partial charge in [-0.3, -0.25) is 0 Å². The highest BCUT2D eigenvalue weighted by Crippen LogP contribution is 2.80. The molecule has 168 valence electrons. The van der Waals surface area contributed by atoms with Crippen molar-refractivity contribution in [1.29, 1.82) is 0 Å². The number of tetrazole rings is 1. The fourth-order valence-corrected chi connectivity index (χ4v) is 5.48. The highest BCUT2D eigenvalue weighted by Gasteiger charge is 2.82. The summed E-state index contributed by atoms with van der Waals surface area (Å²) < 4.78 is 66.3. The van der Waals surface area contributed by atoms with Crippen LogP contribution in [0.2, 0.25) is 0 Å². The van der Waals surface area contributed by atoms with Crippen molar-refractivity contribution in [3.63, 3.8) is 0 Å². The zero-order chi connectivity index (χ0) is 22.8. The van der Waals surface area contributed by atoms with E-state index in [2.05, 4.69) is 15.5 Å². The highest BCUT2D eigenvalue weighted by atomic mass is 19.3. The molecule has 0 radical (unpaired) electrons. The van der Waals surface area contributed by atoms with E-state index < -0.39 is 46.1 Å². The van der Waals surface area contributed by atoms with Crippen molar-refractivity contribution in [2.45, 2.75) is 42.7 Å². The van der Waals surface area contributed by atoms with E-state index >= 15 is 8.78 Å². The summed E-state index contributed by atoms with van der Waals surface area (Å²) in [6.45, 7) is -0.785. The van der Waals surface area contributed by atoms with Gasteiger partial charge in [0.05, 0.1) is 13.7 Å². The largest absolute Gasteiger partial charge is 0.497 e. The van der Waals surface area contributed by atoms with Gasteiger partial charge in [0.2, 0.25) is 0 Å². The molecule has 3 aliphatic carbocycles. The van der Waals surface area contributed by atoms with Crippen LogP contribution >= 0.6 is 0 Å². The Bertz CT molecular complexity index is 1130. The number of hydrogen-bond donors (Lipinski definition) is 1. The number of aliphatic hydroxyl groups is 1. The normalized spacial score (nSPS) is 26.1. The summed E-state index contributed by atoms with van der Waals surface area (Å²) in [6, 6.07) is 9.45. The van der Waals surface area contributed by atoms with Gasteiger partial charge in [0.25, 0.3) is 5.92 Å². The molecule has 1 heterocycles. The molecule has 0 aliphatic heterocycles. The van der Waals surface area contributed by atoms with Crippen LogP contribution in [0.5, 0.6) is 5.75 Å². The molecule has 3 aromatic rings. The maximum Gasteiger partial charge on any atom is 0.287 e. The van der Waals surface area contributed by atoms with E-state index in [-0.39, 0.29) is 19.3 Å². The maximum absolute atomic E-state index is 16.1. The fraction of sp³-hybridized carbons (Fsp3) is 0.409. The summed E-state index contributed by atoms with van der Waals surface area (Å²) in [4.78, 5) is 0. The van der Waals surface area contributed by atoms with E-state index in [1.807, 2.05) is 12.1 Å². The van der Waals surface area contributed by atoms with Gasteiger partial charge in [-0.05, 0) is 64.9 Å². The second-order valence-corrected chi connectivity index (χ2v) is 8.89. The van der Waals surface area contributed by atoms with Crippen molar-refractivity contribution in [1.82, 2.24) is 20.2 Å². The van der Waals surface area contributed by atoms with E-state index in [4.69, 9.17) is 4.74 Å². The lowest BCUT2D eigenvalue weighted by molar-refractivity contribution is -0.347. The van der Waals surface area contributed by atoms with Crippen LogP contribution in [0.25, 0.3) is 0 Å². The van der Waals surface area contributed by atoms with E-state index in [9.17, 15) is 13.9 Å². The molecule has 6 nitrogen and oxygen atoms in total. The molecule has 0 saturated heterocycles. The predicted molar refractivity (Wildman–Crippen MR) is 104 cm³/mol. The molecule has 1 aromatic heterocycles. The molecule has 6 rings (SSSR count). The van der Waals surface area contributed by atoms with Gasteiger partial charge in [-0.1, -0.05) is 12.1 Å². The van der Waals surface area contributed by atoms with Gasteiger partial charge in [-0.2, -0.15) is 0 Å². The van der Waals surface area contributed by atoms with E-state index in [1.54, 1.807) is 19.2 Å². The summed E-state index contributed by atoms with van der Waals surface area (Å²) in [6.07, 6.45) is 1.48. The van der Waals surface area contributed by atoms with E-state index in [0.717, 1.165) is 28.7 Å². The molecule has 1 N–H and O–H groups in total. The first kappa shape index (κ1) is 20.9. The first-order valence-corrected chi connectivity index (χ1v) is 10.1. The van der Waals surface area contributed by atoms with E-state index in [1.165, 1.54) is 0 Å². The van der Waals surface area contributed by atoms with Crippen molar-refractivity contribution in [2.24, 2.45) is 5.41 Å². The summed E-state index contributed by atoms with van der Waals surface area (Å²) in [5, 5.41) is 21.7. The third-order valence-electron chi connectivity index (χ3n) is 7.08. The lowest BCUT2D eigenvalue weighted by Gasteiger charge is -2.74. The maximum atomic E-state index is 16.1. The quantitative estimate of drug-likeness (QED) is 0.559. The molecular weight excluding hydrogens is 428 g/mol. The number of halogens is 4. The monoisotopic (exact) mass is 448 g/mol. The summed E-state index contributed by atoms with van der Waals surface area (Å²) in [5.74, 6) is -5.25. The zero-order valence-electron chi connectivity index (χ0n) is 17.1. The molecule has 2 aromatic carbocycles. The van der Waals surface area contributed by atoms with E-state index in [0.29, 0.717) is 11.8 Å². The number of ether oxygens (including phenoxy) is 1. The van der Waals surface area contributed by atoms with Gasteiger partial charge in [-0.15, -0.1) is 5.10 Å². The Kier molecular flexibility index (Phi) is 4.40. The number of rotatable bonds is 7. The Morgan fingerprint density at radius 2 is 1.78 bits per heavy atom. The van der Waals surface area contributed by atoms with Crippen LogP contribution in [0.1, 0.15) is 30.4 Å². The Hall–Kier alpha value is -3.01. The number of methoxy groups -OCH3 is 1. The minimum Gasteiger partial charge on any atom is -0.497 e.